The lowest BCUT2D eigenvalue weighted by atomic mass is 9.81. The molecule has 23 heavy (non-hydrogen) atoms. The molecule has 1 aliphatic heterocycles. The smallest absolute Gasteiger partial charge is 0.311 e. The molecule has 0 spiro atoms. The van der Waals surface area contributed by atoms with Gasteiger partial charge in [-0.1, -0.05) is 12.5 Å². The largest absolute Gasteiger partial charge is 0.481 e. The molecule has 1 saturated heterocycles. The number of likely N-dealkylation sites (tertiary alicyclic amines) is 1. The van der Waals surface area contributed by atoms with Crippen LogP contribution in [0.2, 0.25) is 0 Å². The summed E-state index contributed by atoms with van der Waals surface area (Å²) in [5.74, 6) is -0.494. The number of carbonyl (C=O) groups is 1. The highest BCUT2D eigenvalue weighted by atomic mass is 16.6. The monoisotopic (exact) mass is 318 g/mol. The molecule has 3 rings (SSSR count). The summed E-state index contributed by atoms with van der Waals surface area (Å²) in [5, 5.41) is 20.7. The molecule has 1 aromatic carbocycles. The van der Waals surface area contributed by atoms with Gasteiger partial charge >= 0.3 is 5.97 Å². The Morgan fingerprint density at radius 2 is 2.26 bits per heavy atom. The number of carboxylic acids is 1. The van der Waals surface area contributed by atoms with Gasteiger partial charge in [-0.25, -0.2) is 0 Å². The van der Waals surface area contributed by atoms with Crippen LogP contribution in [0.15, 0.2) is 18.2 Å². The number of non-ortho nitro benzene ring substituents is 1. The Hall–Kier alpha value is -1.95. The first-order chi connectivity index (χ1) is 10.8. The van der Waals surface area contributed by atoms with Gasteiger partial charge in [0.25, 0.3) is 5.69 Å². The maximum Gasteiger partial charge on any atom is 0.311 e. The zero-order chi connectivity index (χ0) is 16.8. The molecule has 2 fully saturated rings. The van der Waals surface area contributed by atoms with Crippen LogP contribution >= 0.6 is 0 Å². The van der Waals surface area contributed by atoms with Crippen LogP contribution in [0.5, 0.6) is 0 Å². The second-order valence-corrected chi connectivity index (χ2v) is 6.95. The standard InChI is InChI=1S/C17H22N2O4/c1-11-5-6-14(19(22)23)8-15(11)12(2)18-9-13-4-3-7-17(13,10-18)16(20)21/h5-6,8,12-13H,3-4,7,9-10H2,1-2H3,(H,20,21)/t12?,13-,17+/m0/s1. The Labute approximate surface area is 135 Å². The first-order valence-electron chi connectivity index (χ1n) is 8.07. The maximum absolute atomic E-state index is 11.8. The van der Waals surface area contributed by atoms with Crippen LogP contribution in [0.25, 0.3) is 0 Å². The van der Waals surface area contributed by atoms with E-state index in [-0.39, 0.29) is 22.6 Å². The fourth-order valence-electron chi connectivity index (χ4n) is 4.36. The van der Waals surface area contributed by atoms with Crippen molar-refractivity contribution < 1.29 is 14.8 Å². The van der Waals surface area contributed by atoms with Gasteiger partial charge in [0.2, 0.25) is 0 Å². The number of fused-ring (bicyclic) bond motifs is 1. The second-order valence-electron chi connectivity index (χ2n) is 6.95. The molecule has 124 valence electrons. The Morgan fingerprint density at radius 3 is 2.87 bits per heavy atom. The van der Waals surface area contributed by atoms with E-state index in [2.05, 4.69) is 4.90 Å². The molecule has 1 aliphatic carbocycles. The SMILES string of the molecule is Cc1ccc([N+](=O)[O-])cc1C(C)N1C[C@@H]2CCC[C@@]2(C(=O)O)C1. The topological polar surface area (TPSA) is 83.7 Å². The van der Waals surface area contributed by atoms with Crippen LogP contribution in [-0.4, -0.2) is 34.0 Å². The number of hydrogen-bond donors (Lipinski definition) is 1. The number of nitro benzene ring substituents is 1. The molecule has 3 atom stereocenters. The van der Waals surface area contributed by atoms with Crippen LogP contribution in [0.3, 0.4) is 0 Å². The zero-order valence-corrected chi connectivity index (χ0v) is 13.5. The number of nitro groups is 1. The average Bonchev–Trinajstić information content (AvgIpc) is 3.04. The van der Waals surface area contributed by atoms with Gasteiger partial charge in [-0.05, 0) is 43.7 Å². The van der Waals surface area contributed by atoms with Crippen molar-refractivity contribution in [2.24, 2.45) is 11.3 Å². The van der Waals surface area contributed by atoms with Gasteiger partial charge in [0, 0.05) is 31.3 Å². The Morgan fingerprint density at radius 1 is 1.52 bits per heavy atom. The average molecular weight is 318 g/mol. The Balaban J connectivity index is 1.88. The lowest BCUT2D eigenvalue weighted by Gasteiger charge is -2.28. The normalized spacial score (nSPS) is 28.5. The molecule has 1 N–H and O–H groups in total. The Bertz CT molecular complexity index is 660. The molecule has 2 aliphatic rings. The molecule has 1 saturated carbocycles. The van der Waals surface area contributed by atoms with Gasteiger partial charge < -0.3 is 5.11 Å². The minimum Gasteiger partial charge on any atom is -0.481 e. The molecule has 6 nitrogen and oxygen atoms in total. The Kier molecular flexibility index (Phi) is 3.88. The number of nitrogens with zero attached hydrogens (tertiary/aromatic N) is 2. The third-order valence-corrected chi connectivity index (χ3v) is 5.79. The van der Waals surface area contributed by atoms with Crippen molar-refractivity contribution in [1.82, 2.24) is 4.90 Å². The summed E-state index contributed by atoms with van der Waals surface area (Å²) in [5.41, 5.74) is 1.39. The minimum absolute atomic E-state index is 0.0169. The van der Waals surface area contributed by atoms with Crippen molar-refractivity contribution in [2.75, 3.05) is 13.1 Å². The molecular formula is C17H22N2O4. The molecule has 0 radical (unpaired) electrons. The zero-order valence-electron chi connectivity index (χ0n) is 13.5. The summed E-state index contributed by atoms with van der Waals surface area (Å²) in [6, 6.07) is 4.90. The molecule has 1 unspecified atom stereocenters. The van der Waals surface area contributed by atoms with Gasteiger partial charge in [0.1, 0.15) is 0 Å². The lowest BCUT2D eigenvalue weighted by Crippen LogP contribution is -2.36. The van der Waals surface area contributed by atoms with Gasteiger partial charge in [-0.3, -0.25) is 19.8 Å². The first-order valence-corrected chi connectivity index (χ1v) is 8.07. The third kappa shape index (κ3) is 2.51. The van der Waals surface area contributed by atoms with Crippen molar-refractivity contribution in [3.8, 4) is 0 Å². The van der Waals surface area contributed by atoms with Crippen molar-refractivity contribution in [3.05, 3.63) is 39.4 Å². The van der Waals surface area contributed by atoms with Crippen molar-refractivity contribution in [1.29, 1.82) is 0 Å². The maximum atomic E-state index is 11.8. The fourth-order valence-corrected chi connectivity index (χ4v) is 4.36. The number of rotatable bonds is 4. The molecule has 0 aromatic heterocycles. The van der Waals surface area contributed by atoms with E-state index in [1.165, 1.54) is 6.07 Å². The number of aliphatic carboxylic acids is 1. The van der Waals surface area contributed by atoms with Gasteiger partial charge in [-0.15, -0.1) is 0 Å². The van der Waals surface area contributed by atoms with Crippen LogP contribution < -0.4 is 0 Å². The van der Waals surface area contributed by atoms with Gasteiger partial charge in [-0.2, -0.15) is 0 Å². The predicted molar refractivity (Wildman–Crippen MR) is 85.2 cm³/mol. The van der Waals surface area contributed by atoms with Crippen LogP contribution in [0.4, 0.5) is 5.69 Å². The van der Waals surface area contributed by atoms with Crippen molar-refractivity contribution in [2.45, 2.75) is 39.2 Å². The molecule has 0 bridgehead atoms. The number of hydrogen-bond acceptors (Lipinski definition) is 4. The second kappa shape index (κ2) is 5.60. The highest BCUT2D eigenvalue weighted by molar-refractivity contribution is 5.76. The molecule has 1 heterocycles. The quantitative estimate of drug-likeness (QED) is 0.681. The van der Waals surface area contributed by atoms with Crippen molar-refractivity contribution in [3.63, 3.8) is 0 Å². The van der Waals surface area contributed by atoms with E-state index in [1.54, 1.807) is 12.1 Å². The van der Waals surface area contributed by atoms with Crippen molar-refractivity contribution >= 4 is 11.7 Å². The third-order valence-electron chi connectivity index (χ3n) is 5.79. The number of benzene rings is 1. The van der Waals surface area contributed by atoms with E-state index >= 15 is 0 Å². The summed E-state index contributed by atoms with van der Waals surface area (Å²) in [4.78, 5) is 24.6. The highest BCUT2D eigenvalue weighted by Gasteiger charge is 2.55. The summed E-state index contributed by atoms with van der Waals surface area (Å²) >= 11 is 0. The van der Waals surface area contributed by atoms with Crippen LogP contribution in [0.1, 0.15) is 43.4 Å². The predicted octanol–water partition coefficient (Wildman–Crippen LogP) is 3.15. The molecule has 6 heteroatoms. The lowest BCUT2D eigenvalue weighted by molar-refractivity contribution is -0.385. The summed E-state index contributed by atoms with van der Waals surface area (Å²) in [7, 11) is 0. The van der Waals surface area contributed by atoms with Crippen LogP contribution in [-0.2, 0) is 4.79 Å². The number of aryl methyl sites for hydroxylation is 1. The van der Waals surface area contributed by atoms with E-state index in [1.807, 2.05) is 13.8 Å². The molecule has 1 aromatic rings. The van der Waals surface area contributed by atoms with E-state index < -0.39 is 11.4 Å². The summed E-state index contributed by atoms with van der Waals surface area (Å²) in [6.45, 7) is 5.26. The van der Waals surface area contributed by atoms with E-state index in [0.717, 1.165) is 36.9 Å². The summed E-state index contributed by atoms with van der Waals surface area (Å²) < 4.78 is 0. The fraction of sp³-hybridized carbons (Fsp3) is 0.588. The number of carboxylic acid groups (broad SMARTS) is 1. The van der Waals surface area contributed by atoms with Crippen LogP contribution in [0, 0.1) is 28.4 Å². The van der Waals surface area contributed by atoms with Gasteiger partial charge in [0.05, 0.1) is 10.3 Å². The highest BCUT2D eigenvalue weighted by Crippen LogP contribution is 2.50. The molecular weight excluding hydrogens is 296 g/mol. The van der Waals surface area contributed by atoms with E-state index in [0.29, 0.717) is 6.54 Å². The minimum atomic E-state index is -0.689. The van der Waals surface area contributed by atoms with E-state index in [4.69, 9.17) is 0 Å². The van der Waals surface area contributed by atoms with E-state index in [9.17, 15) is 20.0 Å². The molecule has 0 amide bonds. The summed E-state index contributed by atoms with van der Waals surface area (Å²) in [6.07, 6.45) is 2.68. The first kappa shape index (κ1) is 15.9. The van der Waals surface area contributed by atoms with Gasteiger partial charge in [0.15, 0.2) is 0 Å².